The Morgan fingerprint density at radius 2 is 1.78 bits per heavy atom. The first-order valence-corrected chi connectivity index (χ1v) is 9.59. The van der Waals surface area contributed by atoms with Crippen molar-refractivity contribution in [1.29, 1.82) is 0 Å². The summed E-state index contributed by atoms with van der Waals surface area (Å²) in [5.41, 5.74) is 1.56. The number of likely N-dealkylation sites (tertiary alicyclic amines) is 1. The Balaban J connectivity index is 2.28. The lowest BCUT2D eigenvalue weighted by molar-refractivity contribution is -0.132. The summed E-state index contributed by atoms with van der Waals surface area (Å²) in [6, 6.07) is 4.59. The van der Waals surface area contributed by atoms with E-state index in [0.717, 1.165) is 18.4 Å². The molecule has 0 spiro atoms. The lowest BCUT2D eigenvalue weighted by Crippen LogP contribution is -2.50. The minimum atomic E-state index is -3.73. The van der Waals surface area contributed by atoms with Gasteiger partial charge in [0.25, 0.3) is 0 Å². The Hall–Kier alpha value is -1.40. The first kappa shape index (κ1) is 17.9. The second kappa shape index (κ2) is 7.01. The predicted molar refractivity (Wildman–Crippen MR) is 90.7 cm³/mol. The third-order valence-corrected chi connectivity index (χ3v) is 5.85. The van der Waals surface area contributed by atoms with E-state index >= 15 is 0 Å². The molecule has 1 amide bonds. The molecule has 0 unspecified atom stereocenters. The average Bonchev–Trinajstić information content (AvgIpc) is 3.00. The first-order chi connectivity index (χ1) is 10.7. The minimum Gasteiger partial charge on any atom is -0.341 e. The number of carbonyl (C=O) groups excluding carboxylic acids is 1. The SMILES string of the molecule is Cc1ccc(C)c(S(=O)(=O)N[C@H](C(=O)N2CCCC2)C(C)C)c1. The molecular formula is C17H26N2O3S. The van der Waals surface area contributed by atoms with Crippen molar-refractivity contribution >= 4 is 15.9 Å². The highest BCUT2D eigenvalue weighted by Gasteiger charge is 2.33. The van der Waals surface area contributed by atoms with E-state index < -0.39 is 16.1 Å². The summed E-state index contributed by atoms with van der Waals surface area (Å²) >= 11 is 0. The molecule has 1 saturated heterocycles. The largest absolute Gasteiger partial charge is 0.341 e. The zero-order chi connectivity index (χ0) is 17.2. The van der Waals surface area contributed by atoms with Gasteiger partial charge in [0.2, 0.25) is 15.9 Å². The molecule has 5 nitrogen and oxygen atoms in total. The Morgan fingerprint density at radius 3 is 2.35 bits per heavy atom. The van der Waals surface area contributed by atoms with Gasteiger partial charge in [-0.25, -0.2) is 8.42 Å². The molecular weight excluding hydrogens is 312 g/mol. The zero-order valence-electron chi connectivity index (χ0n) is 14.3. The summed E-state index contributed by atoms with van der Waals surface area (Å²) in [4.78, 5) is 14.7. The monoisotopic (exact) mass is 338 g/mol. The molecule has 0 bridgehead atoms. The number of amides is 1. The van der Waals surface area contributed by atoms with Crippen LogP contribution in [0.15, 0.2) is 23.1 Å². The van der Waals surface area contributed by atoms with Gasteiger partial charge in [-0.1, -0.05) is 26.0 Å². The van der Waals surface area contributed by atoms with Crippen molar-refractivity contribution in [3.8, 4) is 0 Å². The van der Waals surface area contributed by atoms with E-state index in [1.807, 2.05) is 26.8 Å². The summed E-state index contributed by atoms with van der Waals surface area (Å²) in [5, 5.41) is 0. The summed E-state index contributed by atoms with van der Waals surface area (Å²) in [6.45, 7) is 8.78. The van der Waals surface area contributed by atoms with Gasteiger partial charge in [-0.2, -0.15) is 4.72 Å². The third kappa shape index (κ3) is 4.12. The maximum absolute atomic E-state index is 12.8. The van der Waals surface area contributed by atoms with Gasteiger partial charge in [-0.3, -0.25) is 4.79 Å². The number of hydrogen-bond acceptors (Lipinski definition) is 3. The van der Waals surface area contributed by atoms with Crippen LogP contribution in [0.3, 0.4) is 0 Å². The van der Waals surface area contributed by atoms with Gasteiger partial charge in [0, 0.05) is 13.1 Å². The molecule has 1 heterocycles. The number of benzene rings is 1. The Morgan fingerprint density at radius 1 is 1.17 bits per heavy atom. The van der Waals surface area contributed by atoms with Crippen molar-refractivity contribution in [1.82, 2.24) is 9.62 Å². The first-order valence-electron chi connectivity index (χ1n) is 8.11. The molecule has 0 aliphatic carbocycles. The topological polar surface area (TPSA) is 66.5 Å². The van der Waals surface area contributed by atoms with Crippen LogP contribution in [0.25, 0.3) is 0 Å². The zero-order valence-corrected chi connectivity index (χ0v) is 15.1. The van der Waals surface area contributed by atoms with E-state index in [9.17, 15) is 13.2 Å². The van der Waals surface area contributed by atoms with E-state index in [1.54, 1.807) is 24.0 Å². The number of sulfonamides is 1. The van der Waals surface area contributed by atoms with Crippen molar-refractivity contribution in [3.63, 3.8) is 0 Å². The normalized spacial score (nSPS) is 16.8. The summed E-state index contributed by atoms with van der Waals surface area (Å²) in [7, 11) is -3.73. The number of rotatable bonds is 5. The second-order valence-electron chi connectivity index (χ2n) is 6.64. The van der Waals surface area contributed by atoms with Gasteiger partial charge in [0.1, 0.15) is 6.04 Å². The van der Waals surface area contributed by atoms with Crippen LogP contribution in [0.4, 0.5) is 0 Å². The highest BCUT2D eigenvalue weighted by Crippen LogP contribution is 2.20. The predicted octanol–water partition coefficient (Wildman–Crippen LogP) is 2.23. The highest BCUT2D eigenvalue weighted by atomic mass is 32.2. The van der Waals surface area contributed by atoms with Crippen LogP contribution >= 0.6 is 0 Å². The maximum Gasteiger partial charge on any atom is 0.241 e. The standard InChI is InChI=1S/C17H26N2O3S/c1-12(2)16(17(20)19-9-5-6-10-19)18-23(21,22)15-11-13(3)7-8-14(15)4/h7-8,11-12,16,18H,5-6,9-10H2,1-4H3/t16-/m0/s1. The van der Waals surface area contributed by atoms with Crippen molar-refractivity contribution in [2.24, 2.45) is 5.92 Å². The fourth-order valence-corrected chi connectivity index (χ4v) is 4.50. The lowest BCUT2D eigenvalue weighted by atomic mass is 10.0. The Kier molecular flexibility index (Phi) is 5.47. The van der Waals surface area contributed by atoms with E-state index in [2.05, 4.69) is 4.72 Å². The van der Waals surface area contributed by atoms with E-state index in [-0.39, 0.29) is 16.7 Å². The van der Waals surface area contributed by atoms with E-state index in [1.165, 1.54) is 0 Å². The van der Waals surface area contributed by atoms with Gasteiger partial charge in [0.05, 0.1) is 4.90 Å². The second-order valence-corrected chi connectivity index (χ2v) is 8.33. The van der Waals surface area contributed by atoms with Crippen molar-refractivity contribution in [2.45, 2.75) is 51.5 Å². The van der Waals surface area contributed by atoms with Crippen LogP contribution in [0, 0.1) is 19.8 Å². The van der Waals surface area contributed by atoms with Crippen LogP contribution < -0.4 is 4.72 Å². The van der Waals surface area contributed by atoms with E-state index in [4.69, 9.17) is 0 Å². The average molecular weight is 338 g/mol. The van der Waals surface area contributed by atoms with E-state index in [0.29, 0.717) is 18.7 Å². The van der Waals surface area contributed by atoms with Gasteiger partial charge in [-0.15, -0.1) is 0 Å². The quantitative estimate of drug-likeness (QED) is 0.895. The number of nitrogens with one attached hydrogen (secondary N) is 1. The van der Waals surface area contributed by atoms with Crippen molar-refractivity contribution < 1.29 is 13.2 Å². The molecule has 0 aromatic heterocycles. The number of aryl methyl sites for hydroxylation is 2. The molecule has 1 aliphatic rings. The third-order valence-electron chi connectivity index (χ3n) is 4.27. The van der Waals surface area contributed by atoms with Gasteiger partial charge in [-0.05, 0) is 49.8 Å². The van der Waals surface area contributed by atoms with Crippen molar-refractivity contribution in [2.75, 3.05) is 13.1 Å². The molecule has 1 N–H and O–H groups in total. The molecule has 0 radical (unpaired) electrons. The lowest BCUT2D eigenvalue weighted by Gasteiger charge is -2.26. The highest BCUT2D eigenvalue weighted by molar-refractivity contribution is 7.89. The van der Waals surface area contributed by atoms with Gasteiger partial charge in [0.15, 0.2) is 0 Å². The van der Waals surface area contributed by atoms with Crippen molar-refractivity contribution in [3.05, 3.63) is 29.3 Å². The van der Waals surface area contributed by atoms with Crippen LogP contribution in [0.5, 0.6) is 0 Å². The molecule has 1 aromatic carbocycles. The van der Waals surface area contributed by atoms with Crippen LogP contribution in [-0.4, -0.2) is 38.4 Å². The molecule has 1 atom stereocenters. The number of hydrogen-bond donors (Lipinski definition) is 1. The fourth-order valence-electron chi connectivity index (χ4n) is 2.83. The molecule has 2 rings (SSSR count). The van der Waals surface area contributed by atoms with Crippen LogP contribution in [-0.2, 0) is 14.8 Å². The smallest absolute Gasteiger partial charge is 0.241 e. The summed E-state index contributed by atoms with van der Waals surface area (Å²) < 4.78 is 28.1. The Labute approximate surface area is 139 Å². The maximum atomic E-state index is 12.8. The van der Waals surface area contributed by atoms with Crippen LogP contribution in [0.2, 0.25) is 0 Å². The summed E-state index contributed by atoms with van der Waals surface area (Å²) in [5.74, 6) is -0.227. The molecule has 1 fully saturated rings. The number of nitrogens with zero attached hydrogens (tertiary/aromatic N) is 1. The van der Waals surface area contributed by atoms with Gasteiger partial charge < -0.3 is 4.90 Å². The summed E-state index contributed by atoms with van der Waals surface area (Å²) in [6.07, 6.45) is 1.97. The molecule has 1 aliphatic heterocycles. The molecule has 128 valence electrons. The molecule has 6 heteroatoms. The van der Waals surface area contributed by atoms with Gasteiger partial charge >= 0.3 is 0 Å². The number of carbonyl (C=O) groups is 1. The van der Waals surface area contributed by atoms with Crippen LogP contribution in [0.1, 0.15) is 37.8 Å². The minimum absolute atomic E-state index is 0.108. The molecule has 0 saturated carbocycles. The molecule has 23 heavy (non-hydrogen) atoms. The molecule has 1 aromatic rings. The Bertz CT molecular complexity index is 677. The fraction of sp³-hybridized carbons (Fsp3) is 0.588.